The maximum absolute atomic E-state index is 11.9. The number of likely N-dealkylation sites (tertiary alicyclic amines) is 1. The minimum absolute atomic E-state index is 0.183. The first-order chi connectivity index (χ1) is 10.8. The Hall–Kier alpha value is -1.42. The van der Waals surface area contributed by atoms with Gasteiger partial charge in [0.15, 0.2) is 0 Å². The van der Waals surface area contributed by atoms with Gasteiger partial charge in [0.05, 0.1) is 0 Å². The quantitative estimate of drug-likeness (QED) is 0.788. The molecule has 0 atom stereocenters. The molecular formula is C18H29N3O. The molecule has 0 unspecified atom stereocenters. The minimum Gasteiger partial charge on any atom is -0.356 e. The van der Waals surface area contributed by atoms with Crippen molar-refractivity contribution in [3.05, 3.63) is 30.1 Å². The minimum atomic E-state index is 0.183. The lowest BCUT2D eigenvalue weighted by molar-refractivity contribution is -0.121. The summed E-state index contributed by atoms with van der Waals surface area (Å²) in [6, 6.07) is 5.96. The normalized spacial score (nSPS) is 16.7. The fourth-order valence-corrected chi connectivity index (χ4v) is 2.93. The van der Waals surface area contributed by atoms with Crippen molar-refractivity contribution in [2.45, 2.75) is 51.4 Å². The number of pyridine rings is 1. The van der Waals surface area contributed by atoms with Crippen LogP contribution >= 0.6 is 0 Å². The average molecular weight is 303 g/mol. The van der Waals surface area contributed by atoms with Crippen molar-refractivity contribution in [1.29, 1.82) is 0 Å². The number of nitrogens with zero attached hydrogens (tertiary/aromatic N) is 2. The van der Waals surface area contributed by atoms with Crippen LogP contribution in [0.5, 0.6) is 0 Å². The van der Waals surface area contributed by atoms with Gasteiger partial charge in [-0.3, -0.25) is 9.78 Å². The summed E-state index contributed by atoms with van der Waals surface area (Å²) in [5.74, 6) is 0.183. The Labute approximate surface area is 134 Å². The van der Waals surface area contributed by atoms with Gasteiger partial charge in [0.2, 0.25) is 5.91 Å². The highest BCUT2D eigenvalue weighted by molar-refractivity contribution is 5.75. The van der Waals surface area contributed by atoms with E-state index in [0.29, 0.717) is 6.42 Å². The van der Waals surface area contributed by atoms with Gasteiger partial charge in [-0.25, -0.2) is 0 Å². The maximum atomic E-state index is 11.9. The van der Waals surface area contributed by atoms with Crippen LogP contribution in [0, 0.1) is 0 Å². The van der Waals surface area contributed by atoms with Crippen molar-refractivity contribution in [3.8, 4) is 0 Å². The maximum Gasteiger partial charge on any atom is 0.221 e. The second-order valence-corrected chi connectivity index (χ2v) is 6.13. The van der Waals surface area contributed by atoms with E-state index in [9.17, 15) is 4.79 Å². The van der Waals surface area contributed by atoms with E-state index in [0.717, 1.165) is 44.7 Å². The zero-order chi connectivity index (χ0) is 15.5. The molecule has 1 aromatic heterocycles. The number of hydrogen-bond acceptors (Lipinski definition) is 3. The van der Waals surface area contributed by atoms with E-state index in [-0.39, 0.29) is 5.91 Å². The lowest BCUT2D eigenvalue weighted by Gasteiger charge is -2.24. The molecule has 1 N–H and O–H groups in total. The van der Waals surface area contributed by atoms with Crippen molar-refractivity contribution in [1.82, 2.24) is 15.2 Å². The first-order valence-corrected chi connectivity index (χ1v) is 8.73. The summed E-state index contributed by atoms with van der Waals surface area (Å²) in [6.45, 7) is 3.97. The van der Waals surface area contributed by atoms with Gasteiger partial charge in [0.1, 0.15) is 0 Å². The third-order valence-corrected chi connectivity index (χ3v) is 4.26. The molecular weight excluding hydrogens is 274 g/mol. The number of aromatic nitrogens is 1. The molecule has 1 aliphatic heterocycles. The predicted molar refractivity (Wildman–Crippen MR) is 89.7 cm³/mol. The van der Waals surface area contributed by atoms with Crippen LogP contribution in [0.4, 0.5) is 0 Å². The number of carbonyl (C=O) groups is 1. The highest BCUT2D eigenvalue weighted by Gasteiger charge is 2.09. The Bertz CT molecular complexity index is 414. The van der Waals surface area contributed by atoms with E-state index >= 15 is 0 Å². The summed E-state index contributed by atoms with van der Waals surface area (Å²) in [5.41, 5.74) is 1.09. The largest absolute Gasteiger partial charge is 0.356 e. The molecule has 0 aromatic carbocycles. The van der Waals surface area contributed by atoms with Crippen molar-refractivity contribution in [2.24, 2.45) is 0 Å². The summed E-state index contributed by atoms with van der Waals surface area (Å²) >= 11 is 0. The van der Waals surface area contributed by atoms with Crippen molar-refractivity contribution >= 4 is 5.91 Å². The lowest BCUT2D eigenvalue weighted by atomic mass is 10.1. The van der Waals surface area contributed by atoms with Crippen molar-refractivity contribution < 1.29 is 4.79 Å². The Balaban J connectivity index is 1.53. The van der Waals surface area contributed by atoms with Gasteiger partial charge in [-0.1, -0.05) is 25.3 Å². The number of nitrogens with one attached hydrogen (secondary N) is 1. The van der Waals surface area contributed by atoms with E-state index in [2.05, 4.69) is 15.2 Å². The van der Waals surface area contributed by atoms with Gasteiger partial charge in [-0.15, -0.1) is 0 Å². The van der Waals surface area contributed by atoms with Crippen LogP contribution in [0.15, 0.2) is 24.4 Å². The molecule has 122 valence electrons. The van der Waals surface area contributed by atoms with Gasteiger partial charge in [0, 0.05) is 31.4 Å². The molecule has 1 aromatic rings. The van der Waals surface area contributed by atoms with Crippen LogP contribution in [-0.4, -0.2) is 42.0 Å². The topological polar surface area (TPSA) is 45.2 Å². The van der Waals surface area contributed by atoms with Crippen LogP contribution < -0.4 is 5.32 Å². The van der Waals surface area contributed by atoms with Crippen molar-refractivity contribution in [2.75, 3.05) is 26.2 Å². The summed E-state index contributed by atoms with van der Waals surface area (Å²) in [6.07, 6.45) is 11.0. The molecule has 2 rings (SSSR count). The van der Waals surface area contributed by atoms with Gasteiger partial charge >= 0.3 is 0 Å². The van der Waals surface area contributed by atoms with Gasteiger partial charge in [-0.2, -0.15) is 0 Å². The van der Waals surface area contributed by atoms with E-state index < -0.39 is 0 Å². The second-order valence-electron chi connectivity index (χ2n) is 6.13. The Morgan fingerprint density at radius 1 is 1.14 bits per heavy atom. The van der Waals surface area contributed by atoms with E-state index in [1.807, 2.05) is 24.4 Å². The standard InChI is InChI=1S/C18H29N3O/c22-18(11-16-21-14-6-2-1-3-7-15-21)20-13-8-10-17-9-4-5-12-19-17/h4-5,9,12H,1-3,6-8,10-11,13-16H2,(H,20,22). The third-order valence-electron chi connectivity index (χ3n) is 4.26. The fourth-order valence-electron chi connectivity index (χ4n) is 2.93. The fraction of sp³-hybridized carbons (Fsp3) is 0.667. The van der Waals surface area contributed by atoms with E-state index in [1.165, 1.54) is 32.1 Å². The van der Waals surface area contributed by atoms with Gasteiger partial charge in [0.25, 0.3) is 0 Å². The number of aryl methyl sites for hydroxylation is 1. The number of rotatable bonds is 7. The molecule has 0 radical (unpaired) electrons. The molecule has 1 saturated heterocycles. The first kappa shape index (κ1) is 16.9. The molecule has 1 fully saturated rings. The Morgan fingerprint density at radius 3 is 2.64 bits per heavy atom. The zero-order valence-electron chi connectivity index (χ0n) is 13.6. The van der Waals surface area contributed by atoms with Gasteiger partial charge in [-0.05, 0) is 50.9 Å². The van der Waals surface area contributed by atoms with Crippen LogP contribution in [0.2, 0.25) is 0 Å². The highest BCUT2D eigenvalue weighted by Crippen LogP contribution is 2.10. The molecule has 0 aliphatic carbocycles. The Kier molecular flexibility index (Phi) is 7.96. The average Bonchev–Trinajstić information content (AvgIpc) is 2.51. The molecule has 2 heterocycles. The zero-order valence-corrected chi connectivity index (χ0v) is 13.6. The smallest absolute Gasteiger partial charge is 0.221 e. The second kappa shape index (κ2) is 10.3. The summed E-state index contributed by atoms with van der Waals surface area (Å²) in [7, 11) is 0. The summed E-state index contributed by atoms with van der Waals surface area (Å²) < 4.78 is 0. The molecule has 1 aliphatic rings. The predicted octanol–water partition coefficient (Wildman–Crippen LogP) is 2.79. The number of amides is 1. The molecule has 22 heavy (non-hydrogen) atoms. The summed E-state index contributed by atoms with van der Waals surface area (Å²) in [4.78, 5) is 18.6. The highest BCUT2D eigenvalue weighted by atomic mass is 16.1. The molecule has 0 bridgehead atoms. The monoisotopic (exact) mass is 303 g/mol. The van der Waals surface area contributed by atoms with Crippen LogP contribution in [0.1, 0.15) is 50.6 Å². The van der Waals surface area contributed by atoms with Crippen molar-refractivity contribution in [3.63, 3.8) is 0 Å². The molecule has 1 amide bonds. The SMILES string of the molecule is O=C(CCN1CCCCCCC1)NCCCc1ccccn1. The molecule has 0 spiro atoms. The molecule has 4 heteroatoms. The van der Waals surface area contributed by atoms with Crippen LogP contribution in [0.25, 0.3) is 0 Å². The van der Waals surface area contributed by atoms with E-state index in [1.54, 1.807) is 0 Å². The first-order valence-electron chi connectivity index (χ1n) is 8.73. The Morgan fingerprint density at radius 2 is 1.91 bits per heavy atom. The van der Waals surface area contributed by atoms with Gasteiger partial charge < -0.3 is 10.2 Å². The molecule has 4 nitrogen and oxygen atoms in total. The molecule has 0 saturated carbocycles. The summed E-state index contributed by atoms with van der Waals surface area (Å²) in [5, 5.41) is 3.03. The number of carbonyl (C=O) groups excluding carboxylic acids is 1. The van der Waals surface area contributed by atoms with Crippen LogP contribution in [0.3, 0.4) is 0 Å². The van der Waals surface area contributed by atoms with E-state index in [4.69, 9.17) is 0 Å². The lowest BCUT2D eigenvalue weighted by Crippen LogP contribution is -2.33. The van der Waals surface area contributed by atoms with Crippen LogP contribution in [-0.2, 0) is 11.2 Å². The number of hydrogen-bond donors (Lipinski definition) is 1. The third kappa shape index (κ3) is 7.03.